The molecule has 3 aromatic carbocycles. The summed E-state index contributed by atoms with van der Waals surface area (Å²) in [7, 11) is 1.77. The third-order valence-corrected chi connectivity index (χ3v) is 4.41. The SMILES string of the molecule is CNC(C(=O)c1ccccc1)C(Oc1ccccc1)c1ccc(Cl)cc1. The Kier molecular flexibility index (Phi) is 6.05. The number of ether oxygens (including phenoxy) is 1. The summed E-state index contributed by atoms with van der Waals surface area (Å²) in [6.07, 6.45) is -0.493. The second kappa shape index (κ2) is 8.65. The molecule has 0 fully saturated rings. The number of hydrogen-bond acceptors (Lipinski definition) is 3. The molecule has 1 N–H and O–H groups in total. The van der Waals surface area contributed by atoms with Crippen LogP contribution in [0.4, 0.5) is 0 Å². The van der Waals surface area contributed by atoms with Crippen LogP contribution in [-0.2, 0) is 0 Å². The maximum Gasteiger partial charge on any atom is 0.183 e. The quantitative estimate of drug-likeness (QED) is 0.603. The van der Waals surface area contributed by atoms with Gasteiger partial charge in [0.1, 0.15) is 17.9 Å². The smallest absolute Gasteiger partial charge is 0.183 e. The number of halogens is 1. The van der Waals surface area contributed by atoms with Gasteiger partial charge in [-0.3, -0.25) is 4.79 Å². The third-order valence-electron chi connectivity index (χ3n) is 4.16. The summed E-state index contributed by atoms with van der Waals surface area (Å²) in [6.45, 7) is 0. The summed E-state index contributed by atoms with van der Waals surface area (Å²) in [5.74, 6) is 0.678. The number of hydrogen-bond donors (Lipinski definition) is 1. The number of carbonyl (C=O) groups is 1. The van der Waals surface area contributed by atoms with Crippen molar-refractivity contribution in [2.45, 2.75) is 12.1 Å². The van der Waals surface area contributed by atoms with Crippen LogP contribution in [0.2, 0.25) is 5.02 Å². The van der Waals surface area contributed by atoms with Crippen molar-refractivity contribution in [3.63, 3.8) is 0 Å². The molecule has 3 rings (SSSR count). The van der Waals surface area contributed by atoms with Gasteiger partial charge in [-0.15, -0.1) is 0 Å². The van der Waals surface area contributed by atoms with Gasteiger partial charge in [0.2, 0.25) is 0 Å². The highest BCUT2D eigenvalue weighted by Crippen LogP contribution is 2.27. The second-order valence-electron chi connectivity index (χ2n) is 5.90. The molecule has 132 valence electrons. The van der Waals surface area contributed by atoms with Gasteiger partial charge in [0, 0.05) is 10.6 Å². The number of para-hydroxylation sites is 1. The normalized spacial score (nSPS) is 13.0. The van der Waals surface area contributed by atoms with E-state index in [1.54, 1.807) is 19.2 Å². The van der Waals surface area contributed by atoms with Crippen molar-refractivity contribution >= 4 is 17.4 Å². The van der Waals surface area contributed by atoms with Gasteiger partial charge >= 0.3 is 0 Å². The predicted octanol–water partition coefficient (Wildman–Crippen LogP) is 4.93. The second-order valence-corrected chi connectivity index (χ2v) is 6.34. The van der Waals surface area contributed by atoms with Crippen molar-refractivity contribution < 1.29 is 9.53 Å². The van der Waals surface area contributed by atoms with Gasteiger partial charge in [-0.25, -0.2) is 0 Å². The molecule has 0 spiro atoms. The molecule has 2 atom stereocenters. The summed E-state index contributed by atoms with van der Waals surface area (Å²) < 4.78 is 6.21. The van der Waals surface area contributed by atoms with Crippen molar-refractivity contribution in [3.05, 3.63) is 101 Å². The molecule has 26 heavy (non-hydrogen) atoms. The number of nitrogens with one attached hydrogen (secondary N) is 1. The van der Waals surface area contributed by atoms with Gasteiger partial charge in [0.15, 0.2) is 5.78 Å². The highest BCUT2D eigenvalue weighted by atomic mass is 35.5. The highest BCUT2D eigenvalue weighted by molar-refractivity contribution is 6.30. The fraction of sp³-hybridized carbons (Fsp3) is 0.136. The number of likely N-dealkylation sites (N-methyl/N-ethyl adjacent to an activating group) is 1. The van der Waals surface area contributed by atoms with E-state index < -0.39 is 12.1 Å². The number of carbonyl (C=O) groups excluding carboxylic acids is 1. The highest BCUT2D eigenvalue weighted by Gasteiger charge is 2.31. The minimum atomic E-state index is -0.543. The van der Waals surface area contributed by atoms with Crippen LogP contribution in [0, 0.1) is 0 Å². The van der Waals surface area contributed by atoms with Crippen LogP contribution in [0.25, 0.3) is 0 Å². The first-order chi connectivity index (χ1) is 12.7. The molecule has 4 heteroatoms. The van der Waals surface area contributed by atoms with Crippen molar-refractivity contribution in [1.29, 1.82) is 0 Å². The first-order valence-corrected chi connectivity index (χ1v) is 8.80. The van der Waals surface area contributed by atoms with E-state index >= 15 is 0 Å². The fourth-order valence-corrected chi connectivity index (χ4v) is 2.95. The van der Waals surface area contributed by atoms with E-state index in [1.807, 2.05) is 72.8 Å². The maximum absolute atomic E-state index is 13.1. The lowest BCUT2D eigenvalue weighted by atomic mass is 9.94. The summed E-state index contributed by atoms with van der Waals surface area (Å²) >= 11 is 6.03. The van der Waals surface area contributed by atoms with Crippen LogP contribution in [0.5, 0.6) is 5.75 Å². The van der Waals surface area contributed by atoms with Gasteiger partial charge < -0.3 is 10.1 Å². The van der Waals surface area contributed by atoms with E-state index in [-0.39, 0.29) is 5.78 Å². The standard InChI is InChI=1S/C22H20ClNO2/c1-24-20(21(25)16-8-4-2-5-9-16)22(17-12-14-18(23)15-13-17)26-19-10-6-3-7-11-19/h2-15,20,22,24H,1H3. The molecule has 0 amide bonds. The van der Waals surface area contributed by atoms with Crippen LogP contribution < -0.4 is 10.1 Å². The molecule has 0 aliphatic rings. The average molecular weight is 366 g/mol. The largest absolute Gasteiger partial charge is 0.484 e. The summed E-state index contributed by atoms with van der Waals surface area (Å²) in [5, 5.41) is 3.77. The summed E-state index contributed by atoms with van der Waals surface area (Å²) in [4.78, 5) is 13.1. The Hall–Kier alpha value is -2.62. The number of ketones is 1. The number of rotatable bonds is 7. The van der Waals surface area contributed by atoms with E-state index in [4.69, 9.17) is 16.3 Å². The first kappa shape index (κ1) is 18.2. The molecule has 3 aromatic rings. The van der Waals surface area contributed by atoms with Crippen LogP contribution in [-0.4, -0.2) is 18.9 Å². The Morgan fingerprint density at radius 3 is 2.04 bits per heavy atom. The minimum Gasteiger partial charge on any atom is -0.484 e. The monoisotopic (exact) mass is 365 g/mol. The number of benzene rings is 3. The van der Waals surface area contributed by atoms with E-state index in [1.165, 1.54) is 0 Å². The third kappa shape index (κ3) is 4.31. The summed E-state index contributed by atoms with van der Waals surface area (Å²) in [6, 6.07) is 25.6. The molecule has 0 saturated heterocycles. The zero-order chi connectivity index (χ0) is 18.4. The average Bonchev–Trinajstić information content (AvgIpc) is 2.70. The molecular weight excluding hydrogens is 346 g/mol. The van der Waals surface area contributed by atoms with Gasteiger partial charge in [0.25, 0.3) is 0 Å². The molecule has 0 saturated carbocycles. The lowest BCUT2D eigenvalue weighted by Gasteiger charge is -2.27. The van der Waals surface area contributed by atoms with Gasteiger partial charge in [-0.1, -0.05) is 72.3 Å². The van der Waals surface area contributed by atoms with E-state index in [9.17, 15) is 4.79 Å². The lowest BCUT2D eigenvalue weighted by Crippen LogP contribution is -2.42. The van der Waals surface area contributed by atoms with E-state index in [0.29, 0.717) is 16.3 Å². The van der Waals surface area contributed by atoms with Gasteiger partial charge in [0.05, 0.1) is 0 Å². The van der Waals surface area contributed by atoms with Crippen LogP contribution in [0.1, 0.15) is 22.0 Å². The van der Waals surface area contributed by atoms with E-state index in [2.05, 4.69) is 5.32 Å². The topological polar surface area (TPSA) is 38.3 Å². The van der Waals surface area contributed by atoms with Crippen LogP contribution in [0.15, 0.2) is 84.9 Å². The zero-order valence-electron chi connectivity index (χ0n) is 14.4. The Morgan fingerprint density at radius 2 is 1.46 bits per heavy atom. The Morgan fingerprint density at radius 1 is 0.885 bits per heavy atom. The van der Waals surface area contributed by atoms with Crippen molar-refractivity contribution in [2.75, 3.05) is 7.05 Å². The predicted molar refractivity (Wildman–Crippen MR) is 105 cm³/mol. The Labute approximate surface area is 158 Å². The molecule has 3 nitrogen and oxygen atoms in total. The van der Waals surface area contributed by atoms with Crippen LogP contribution >= 0.6 is 11.6 Å². The Balaban J connectivity index is 1.97. The van der Waals surface area contributed by atoms with Crippen LogP contribution in [0.3, 0.4) is 0 Å². The Bertz CT molecular complexity index is 835. The molecule has 2 unspecified atom stereocenters. The molecule has 0 aliphatic carbocycles. The molecule has 0 aliphatic heterocycles. The molecule has 0 heterocycles. The maximum atomic E-state index is 13.1. The molecule has 0 aromatic heterocycles. The van der Waals surface area contributed by atoms with Gasteiger partial charge in [-0.2, -0.15) is 0 Å². The summed E-state index contributed by atoms with van der Waals surface area (Å²) in [5.41, 5.74) is 1.52. The van der Waals surface area contributed by atoms with Crippen molar-refractivity contribution in [3.8, 4) is 5.75 Å². The van der Waals surface area contributed by atoms with Crippen molar-refractivity contribution in [1.82, 2.24) is 5.32 Å². The van der Waals surface area contributed by atoms with Gasteiger partial charge in [-0.05, 0) is 36.9 Å². The molecule has 0 bridgehead atoms. The van der Waals surface area contributed by atoms with E-state index in [0.717, 1.165) is 5.56 Å². The fourth-order valence-electron chi connectivity index (χ4n) is 2.83. The van der Waals surface area contributed by atoms with Crippen molar-refractivity contribution in [2.24, 2.45) is 0 Å². The lowest BCUT2D eigenvalue weighted by molar-refractivity contribution is 0.0819. The molecule has 0 radical (unpaired) electrons. The minimum absolute atomic E-state index is 0.0241. The molecular formula is C22H20ClNO2. The zero-order valence-corrected chi connectivity index (χ0v) is 15.2. The number of Topliss-reactive ketones (excluding diaryl/α,β-unsaturated/α-hetero) is 1. The first-order valence-electron chi connectivity index (χ1n) is 8.43.